The lowest BCUT2D eigenvalue weighted by atomic mass is 10.1. The molecule has 0 atom stereocenters. The van der Waals surface area contributed by atoms with E-state index in [9.17, 15) is 0 Å². The Hall–Kier alpha value is -1.30. The van der Waals surface area contributed by atoms with Crippen LogP contribution in [0.1, 0.15) is 10.4 Å². The highest BCUT2D eigenvalue weighted by Gasteiger charge is 2.19. The van der Waals surface area contributed by atoms with Crippen LogP contribution in [0.25, 0.3) is 0 Å². The van der Waals surface area contributed by atoms with Gasteiger partial charge in [-0.25, -0.2) is 4.98 Å². The van der Waals surface area contributed by atoms with E-state index in [0.717, 1.165) is 37.7 Å². The van der Waals surface area contributed by atoms with Crippen molar-refractivity contribution in [2.45, 2.75) is 13.5 Å². The molecule has 1 saturated heterocycles. The number of hydrogen-bond donors (Lipinski definition) is 1. The maximum Gasteiger partial charge on any atom is 0.180 e. The van der Waals surface area contributed by atoms with Gasteiger partial charge in [0.05, 0.1) is 0 Å². The molecule has 3 rings (SSSR count). The fourth-order valence-corrected chi connectivity index (χ4v) is 3.58. The maximum atomic E-state index is 6.12. The molecule has 0 saturated carbocycles. The Morgan fingerprint density at radius 2 is 2.05 bits per heavy atom. The molecule has 0 spiro atoms. The lowest BCUT2D eigenvalue weighted by Crippen LogP contribution is -2.46. The first kappa shape index (κ1) is 14.6. The number of thiazole rings is 1. The average molecular weight is 323 g/mol. The number of rotatable bonds is 3. The number of nitrogen functional groups attached to an aromatic ring is 1. The zero-order valence-electron chi connectivity index (χ0n) is 12.1. The van der Waals surface area contributed by atoms with Gasteiger partial charge in [-0.3, -0.25) is 4.90 Å². The number of aryl methyl sites for hydroxylation is 1. The van der Waals surface area contributed by atoms with Crippen LogP contribution in [-0.4, -0.2) is 36.1 Å². The summed E-state index contributed by atoms with van der Waals surface area (Å²) in [6.45, 7) is 7.22. The van der Waals surface area contributed by atoms with Crippen LogP contribution >= 0.6 is 22.9 Å². The Bertz CT molecular complexity index is 620. The average Bonchev–Trinajstić information content (AvgIpc) is 2.88. The highest BCUT2D eigenvalue weighted by Crippen LogP contribution is 2.26. The lowest BCUT2D eigenvalue weighted by Gasteiger charge is -2.36. The minimum absolute atomic E-state index is 0.651. The van der Waals surface area contributed by atoms with E-state index in [1.54, 1.807) is 11.3 Å². The van der Waals surface area contributed by atoms with Gasteiger partial charge in [0.15, 0.2) is 5.13 Å². The SMILES string of the molecule is Cc1ccc(Cl)cc1N1CCN(Cc2cnc(N)s2)CC1. The molecule has 4 nitrogen and oxygen atoms in total. The predicted molar refractivity (Wildman–Crippen MR) is 90.2 cm³/mol. The van der Waals surface area contributed by atoms with Gasteiger partial charge in [0, 0.05) is 54.5 Å². The van der Waals surface area contributed by atoms with Gasteiger partial charge in [-0.2, -0.15) is 0 Å². The third-order valence-electron chi connectivity index (χ3n) is 3.84. The summed E-state index contributed by atoms with van der Waals surface area (Å²) >= 11 is 7.70. The van der Waals surface area contributed by atoms with Crippen molar-refractivity contribution in [3.05, 3.63) is 39.9 Å². The number of anilines is 2. The molecule has 112 valence electrons. The number of halogens is 1. The second kappa shape index (κ2) is 6.22. The Labute approximate surface area is 134 Å². The Balaban J connectivity index is 1.61. The number of piperazine rings is 1. The molecule has 2 N–H and O–H groups in total. The first-order valence-corrected chi connectivity index (χ1v) is 8.25. The second-order valence-electron chi connectivity index (χ2n) is 5.36. The minimum Gasteiger partial charge on any atom is -0.375 e. The topological polar surface area (TPSA) is 45.4 Å². The summed E-state index contributed by atoms with van der Waals surface area (Å²) in [7, 11) is 0. The lowest BCUT2D eigenvalue weighted by molar-refractivity contribution is 0.251. The van der Waals surface area contributed by atoms with Crippen molar-refractivity contribution < 1.29 is 0 Å². The highest BCUT2D eigenvalue weighted by molar-refractivity contribution is 7.15. The molecule has 0 radical (unpaired) electrons. The van der Waals surface area contributed by atoms with Crippen LogP contribution < -0.4 is 10.6 Å². The zero-order chi connectivity index (χ0) is 14.8. The molecule has 1 aliphatic heterocycles. The number of nitrogens with zero attached hydrogens (tertiary/aromatic N) is 3. The molecule has 0 aliphatic carbocycles. The van der Waals surface area contributed by atoms with Crippen LogP contribution in [0.4, 0.5) is 10.8 Å². The van der Waals surface area contributed by atoms with Crippen molar-refractivity contribution in [2.24, 2.45) is 0 Å². The van der Waals surface area contributed by atoms with Crippen LogP contribution in [0.2, 0.25) is 5.02 Å². The van der Waals surface area contributed by atoms with E-state index in [1.165, 1.54) is 16.1 Å². The Kier molecular flexibility index (Phi) is 4.33. The largest absolute Gasteiger partial charge is 0.375 e. The summed E-state index contributed by atoms with van der Waals surface area (Å²) in [5.74, 6) is 0. The molecule has 2 aromatic rings. The fourth-order valence-electron chi connectivity index (χ4n) is 2.69. The van der Waals surface area contributed by atoms with E-state index in [-0.39, 0.29) is 0 Å². The summed E-state index contributed by atoms with van der Waals surface area (Å²) in [5, 5.41) is 1.45. The van der Waals surface area contributed by atoms with E-state index >= 15 is 0 Å². The summed E-state index contributed by atoms with van der Waals surface area (Å²) in [5.41, 5.74) is 8.22. The van der Waals surface area contributed by atoms with Crippen molar-refractivity contribution in [2.75, 3.05) is 36.8 Å². The zero-order valence-corrected chi connectivity index (χ0v) is 13.6. The molecule has 1 aliphatic rings. The minimum atomic E-state index is 0.651. The summed E-state index contributed by atoms with van der Waals surface area (Å²) in [4.78, 5) is 10.2. The van der Waals surface area contributed by atoms with Gasteiger partial charge < -0.3 is 10.6 Å². The monoisotopic (exact) mass is 322 g/mol. The Morgan fingerprint density at radius 3 is 2.71 bits per heavy atom. The van der Waals surface area contributed by atoms with E-state index in [0.29, 0.717) is 5.13 Å². The third kappa shape index (κ3) is 3.48. The van der Waals surface area contributed by atoms with Gasteiger partial charge in [-0.1, -0.05) is 17.7 Å². The number of nitrogens with two attached hydrogens (primary N) is 1. The van der Waals surface area contributed by atoms with E-state index in [4.69, 9.17) is 17.3 Å². The van der Waals surface area contributed by atoms with Gasteiger partial charge in [0.1, 0.15) is 0 Å². The van der Waals surface area contributed by atoms with Crippen LogP contribution in [0.3, 0.4) is 0 Å². The van der Waals surface area contributed by atoms with Crippen molar-refractivity contribution in [1.29, 1.82) is 0 Å². The molecule has 6 heteroatoms. The maximum absolute atomic E-state index is 6.12. The van der Waals surface area contributed by atoms with Gasteiger partial charge in [0.25, 0.3) is 0 Å². The molecule has 0 unspecified atom stereocenters. The van der Waals surface area contributed by atoms with Crippen molar-refractivity contribution in [3.8, 4) is 0 Å². The number of aromatic nitrogens is 1. The summed E-state index contributed by atoms with van der Waals surface area (Å²) in [6, 6.07) is 6.10. The Morgan fingerprint density at radius 1 is 1.29 bits per heavy atom. The van der Waals surface area contributed by atoms with E-state index in [2.05, 4.69) is 33.8 Å². The summed E-state index contributed by atoms with van der Waals surface area (Å²) in [6.07, 6.45) is 1.88. The number of benzene rings is 1. The molecule has 0 bridgehead atoms. The summed E-state index contributed by atoms with van der Waals surface area (Å²) < 4.78 is 0. The molecule has 1 aromatic heterocycles. The van der Waals surface area contributed by atoms with Crippen molar-refractivity contribution in [3.63, 3.8) is 0 Å². The van der Waals surface area contributed by atoms with Gasteiger partial charge in [-0.05, 0) is 24.6 Å². The van der Waals surface area contributed by atoms with Gasteiger partial charge in [-0.15, -0.1) is 11.3 Å². The molecule has 1 fully saturated rings. The predicted octanol–water partition coefficient (Wildman–Crippen LogP) is 3.01. The van der Waals surface area contributed by atoms with Crippen LogP contribution in [0, 0.1) is 6.92 Å². The van der Waals surface area contributed by atoms with Crippen LogP contribution in [-0.2, 0) is 6.54 Å². The molecule has 0 amide bonds. The molecule has 1 aromatic carbocycles. The fraction of sp³-hybridized carbons (Fsp3) is 0.400. The number of hydrogen-bond acceptors (Lipinski definition) is 5. The van der Waals surface area contributed by atoms with E-state index in [1.807, 2.05) is 12.3 Å². The highest BCUT2D eigenvalue weighted by atomic mass is 35.5. The van der Waals surface area contributed by atoms with Gasteiger partial charge in [0.2, 0.25) is 0 Å². The smallest absolute Gasteiger partial charge is 0.180 e. The molecule has 2 heterocycles. The van der Waals surface area contributed by atoms with Crippen LogP contribution in [0.15, 0.2) is 24.4 Å². The first-order valence-electron chi connectivity index (χ1n) is 7.05. The normalized spacial score (nSPS) is 16.4. The second-order valence-corrected chi connectivity index (χ2v) is 6.94. The van der Waals surface area contributed by atoms with Gasteiger partial charge >= 0.3 is 0 Å². The van der Waals surface area contributed by atoms with E-state index < -0.39 is 0 Å². The molecular weight excluding hydrogens is 304 g/mol. The van der Waals surface area contributed by atoms with Crippen molar-refractivity contribution in [1.82, 2.24) is 9.88 Å². The standard InChI is InChI=1S/C15H19ClN4S/c1-11-2-3-12(16)8-14(11)20-6-4-19(5-7-20)10-13-9-18-15(17)21-13/h2-3,8-9H,4-7,10H2,1H3,(H2,17,18). The quantitative estimate of drug-likeness (QED) is 0.943. The molecular formula is C15H19ClN4S. The third-order valence-corrected chi connectivity index (χ3v) is 4.88. The van der Waals surface area contributed by atoms with Crippen molar-refractivity contribution >= 4 is 33.8 Å². The van der Waals surface area contributed by atoms with Crippen LogP contribution in [0.5, 0.6) is 0 Å². The first-order chi connectivity index (χ1) is 10.1. The molecule has 21 heavy (non-hydrogen) atoms.